The van der Waals surface area contributed by atoms with Gasteiger partial charge in [0.05, 0.1) is 23.7 Å². The van der Waals surface area contributed by atoms with E-state index in [0.717, 1.165) is 10.1 Å². The Morgan fingerprint density at radius 2 is 2.03 bits per heavy atom. The number of thiazole rings is 1. The van der Waals surface area contributed by atoms with Crippen molar-refractivity contribution in [1.82, 2.24) is 23.7 Å². The molecule has 0 aliphatic heterocycles. The summed E-state index contributed by atoms with van der Waals surface area (Å²) in [6.45, 7) is 2.27. The Morgan fingerprint density at radius 3 is 2.75 bits per heavy atom. The predicted octanol–water partition coefficient (Wildman–Crippen LogP) is 2.25. The Morgan fingerprint density at radius 1 is 1.25 bits per heavy atom. The maximum absolute atomic E-state index is 12.6. The molecule has 4 aromatic rings. The smallest absolute Gasteiger partial charge is 0.332 e. The van der Waals surface area contributed by atoms with E-state index in [1.165, 1.54) is 40.9 Å². The van der Waals surface area contributed by atoms with Crippen molar-refractivity contribution >= 4 is 45.1 Å². The second-order valence-corrected chi connectivity index (χ2v) is 8.18. The number of carbonyl (C=O) groups is 1. The van der Waals surface area contributed by atoms with E-state index in [-0.39, 0.29) is 23.6 Å². The predicted molar refractivity (Wildman–Crippen MR) is 123 cm³/mol. The van der Waals surface area contributed by atoms with E-state index in [1.54, 1.807) is 17.5 Å². The molecule has 3 heterocycles. The highest BCUT2D eigenvalue weighted by Gasteiger charge is 2.17. The van der Waals surface area contributed by atoms with Crippen LogP contribution in [-0.2, 0) is 25.4 Å². The molecule has 0 bridgehead atoms. The summed E-state index contributed by atoms with van der Waals surface area (Å²) in [5, 5.41) is 5.39. The van der Waals surface area contributed by atoms with Crippen molar-refractivity contribution < 1.29 is 9.53 Å². The lowest BCUT2D eigenvalue weighted by Crippen LogP contribution is -2.37. The molecule has 1 N–H and O–H groups in total. The van der Waals surface area contributed by atoms with Gasteiger partial charge in [-0.05, 0) is 25.1 Å². The van der Waals surface area contributed by atoms with Crippen molar-refractivity contribution in [3.05, 3.63) is 55.8 Å². The minimum atomic E-state index is -0.518. The normalized spacial score (nSPS) is 11.1. The lowest BCUT2D eigenvalue weighted by atomic mass is 10.1. The van der Waals surface area contributed by atoms with Gasteiger partial charge >= 0.3 is 5.69 Å². The maximum atomic E-state index is 12.6. The number of nitrogens with zero attached hydrogens (tertiary/aromatic N) is 5. The molecule has 12 heteroatoms. The first-order chi connectivity index (χ1) is 15.3. The highest BCUT2D eigenvalue weighted by Crippen LogP contribution is 2.33. The average Bonchev–Trinajstić information content (AvgIpc) is 3.38. The van der Waals surface area contributed by atoms with Gasteiger partial charge in [0, 0.05) is 25.0 Å². The van der Waals surface area contributed by atoms with Gasteiger partial charge in [0.15, 0.2) is 16.3 Å². The number of hydrogen-bond donors (Lipinski definition) is 1. The van der Waals surface area contributed by atoms with Crippen LogP contribution in [0.4, 0.5) is 5.13 Å². The third kappa shape index (κ3) is 3.92. The molecule has 0 unspecified atom stereocenters. The molecule has 3 aromatic heterocycles. The molecule has 10 nitrogen and oxygen atoms in total. The highest BCUT2D eigenvalue weighted by atomic mass is 35.5. The molecule has 0 saturated heterocycles. The van der Waals surface area contributed by atoms with Crippen LogP contribution in [0.2, 0.25) is 5.02 Å². The second kappa shape index (κ2) is 8.60. The SMILES string of the molecule is CCOc1ccc(-c2csc(NC(=O)Cn3cnc4c3c(=O)n(C)c(=O)n4C)n2)c(Cl)c1. The first kappa shape index (κ1) is 21.8. The van der Waals surface area contributed by atoms with Crippen molar-refractivity contribution in [2.45, 2.75) is 13.5 Å². The van der Waals surface area contributed by atoms with Gasteiger partial charge in [-0.3, -0.25) is 18.7 Å². The molecule has 32 heavy (non-hydrogen) atoms. The zero-order chi connectivity index (χ0) is 23.0. The number of benzene rings is 1. The van der Waals surface area contributed by atoms with Crippen LogP contribution in [0.3, 0.4) is 0 Å². The zero-order valence-corrected chi connectivity index (χ0v) is 19.0. The van der Waals surface area contributed by atoms with E-state index >= 15 is 0 Å². The van der Waals surface area contributed by atoms with Gasteiger partial charge in [0.2, 0.25) is 5.91 Å². The largest absolute Gasteiger partial charge is 0.494 e. The number of hydrogen-bond acceptors (Lipinski definition) is 7. The number of nitrogens with one attached hydrogen (secondary N) is 1. The van der Waals surface area contributed by atoms with Gasteiger partial charge in [-0.15, -0.1) is 11.3 Å². The second-order valence-electron chi connectivity index (χ2n) is 6.91. The van der Waals surface area contributed by atoms with Crippen LogP contribution in [0.25, 0.3) is 22.4 Å². The monoisotopic (exact) mass is 474 g/mol. The Labute approximate surface area is 190 Å². The molecular formula is C20H19ClN6O4S. The number of halogens is 1. The van der Waals surface area contributed by atoms with Crippen molar-refractivity contribution in [1.29, 1.82) is 0 Å². The van der Waals surface area contributed by atoms with Crippen LogP contribution in [0.5, 0.6) is 5.75 Å². The van der Waals surface area contributed by atoms with Crippen LogP contribution in [0, 0.1) is 0 Å². The molecule has 0 radical (unpaired) electrons. The number of fused-ring (bicyclic) bond motifs is 1. The van der Waals surface area contributed by atoms with E-state index in [0.29, 0.717) is 28.2 Å². The molecule has 166 valence electrons. The maximum Gasteiger partial charge on any atom is 0.332 e. The first-order valence-electron chi connectivity index (χ1n) is 9.59. The summed E-state index contributed by atoms with van der Waals surface area (Å²) < 4.78 is 9.08. The van der Waals surface area contributed by atoms with Gasteiger partial charge in [-0.25, -0.2) is 14.8 Å². The van der Waals surface area contributed by atoms with Gasteiger partial charge in [0.25, 0.3) is 5.56 Å². The van der Waals surface area contributed by atoms with E-state index in [2.05, 4.69) is 15.3 Å². The van der Waals surface area contributed by atoms with Crippen LogP contribution >= 0.6 is 22.9 Å². The number of ether oxygens (including phenoxy) is 1. The van der Waals surface area contributed by atoms with Gasteiger partial charge in [0.1, 0.15) is 12.3 Å². The van der Waals surface area contributed by atoms with E-state index in [9.17, 15) is 14.4 Å². The molecule has 1 aromatic carbocycles. The first-order valence-corrected chi connectivity index (χ1v) is 10.8. The van der Waals surface area contributed by atoms with Gasteiger partial charge in [-0.1, -0.05) is 11.6 Å². The van der Waals surface area contributed by atoms with Crippen LogP contribution in [-0.4, -0.2) is 36.2 Å². The number of carbonyl (C=O) groups excluding carboxylic acids is 1. The molecular weight excluding hydrogens is 456 g/mol. The molecule has 0 aliphatic rings. The summed E-state index contributed by atoms with van der Waals surface area (Å²) in [4.78, 5) is 45.7. The fourth-order valence-corrected chi connectivity index (χ4v) is 4.24. The lowest BCUT2D eigenvalue weighted by molar-refractivity contribution is -0.116. The average molecular weight is 475 g/mol. The zero-order valence-electron chi connectivity index (χ0n) is 17.5. The minimum Gasteiger partial charge on any atom is -0.494 e. The van der Waals surface area contributed by atoms with Crippen LogP contribution in [0.15, 0.2) is 39.5 Å². The Kier molecular flexibility index (Phi) is 5.85. The van der Waals surface area contributed by atoms with E-state index in [4.69, 9.17) is 16.3 Å². The standard InChI is InChI=1S/C20H19ClN6O4S/c1-4-31-11-5-6-12(13(21)7-11)14-9-32-19(23-14)24-15(28)8-27-10-22-17-16(27)18(29)26(3)20(30)25(17)2/h5-7,9-10H,4,8H2,1-3H3,(H,23,24,28). The number of anilines is 1. The molecule has 0 atom stereocenters. The number of amides is 1. The van der Waals surface area contributed by atoms with Gasteiger partial charge < -0.3 is 14.6 Å². The summed E-state index contributed by atoms with van der Waals surface area (Å²) >= 11 is 7.60. The Hall–Kier alpha value is -3.44. The Bertz CT molecular complexity index is 1450. The van der Waals surface area contributed by atoms with Crippen molar-refractivity contribution in [2.24, 2.45) is 14.1 Å². The Balaban J connectivity index is 1.54. The van der Waals surface area contributed by atoms with Crippen LogP contribution < -0.4 is 21.3 Å². The molecule has 4 rings (SSSR count). The molecule has 0 spiro atoms. The van der Waals surface area contributed by atoms with E-state index in [1.807, 2.05) is 13.0 Å². The molecule has 1 amide bonds. The van der Waals surface area contributed by atoms with E-state index < -0.39 is 11.2 Å². The summed E-state index contributed by atoms with van der Waals surface area (Å²) in [5.41, 5.74) is 0.723. The van der Waals surface area contributed by atoms with Crippen molar-refractivity contribution in [2.75, 3.05) is 11.9 Å². The summed E-state index contributed by atoms with van der Waals surface area (Å²) in [5.74, 6) is 0.278. The minimum absolute atomic E-state index is 0.164. The third-order valence-corrected chi connectivity index (χ3v) is 5.88. The lowest BCUT2D eigenvalue weighted by Gasteiger charge is -2.07. The fraction of sp³-hybridized carbons (Fsp3) is 0.250. The molecule has 0 saturated carbocycles. The highest BCUT2D eigenvalue weighted by molar-refractivity contribution is 7.14. The third-order valence-electron chi connectivity index (χ3n) is 4.81. The van der Waals surface area contributed by atoms with Gasteiger partial charge in [-0.2, -0.15) is 0 Å². The topological polar surface area (TPSA) is 113 Å². The van der Waals surface area contributed by atoms with Crippen molar-refractivity contribution in [3.63, 3.8) is 0 Å². The summed E-state index contributed by atoms with van der Waals surface area (Å²) in [7, 11) is 2.90. The van der Waals surface area contributed by atoms with Crippen LogP contribution in [0.1, 0.15) is 6.92 Å². The fourth-order valence-electron chi connectivity index (χ4n) is 3.25. The number of aromatic nitrogens is 5. The quantitative estimate of drug-likeness (QED) is 0.458. The van der Waals surface area contributed by atoms with Crippen molar-refractivity contribution in [3.8, 4) is 17.0 Å². The molecule has 0 fully saturated rings. The number of aryl methyl sites for hydroxylation is 1. The number of imidazole rings is 1. The summed E-state index contributed by atoms with van der Waals surface area (Å²) in [6.07, 6.45) is 1.36. The number of rotatable bonds is 6. The summed E-state index contributed by atoms with van der Waals surface area (Å²) in [6, 6.07) is 5.34. The molecule has 0 aliphatic carbocycles.